The van der Waals surface area contributed by atoms with Gasteiger partial charge in [-0.05, 0) is 36.1 Å². The van der Waals surface area contributed by atoms with Crippen LogP contribution in [0.2, 0.25) is 0 Å². The normalized spacial score (nSPS) is 26.9. The molecule has 1 amide bonds. The van der Waals surface area contributed by atoms with Crippen LogP contribution >= 0.6 is 0 Å². The molecule has 0 bridgehead atoms. The Hall–Kier alpha value is -1.55. The summed E-state index contributed by atoms with van der Waals surface area (Å²) in [4.78, 5) is 11.9. The number of ether oxygens (including phenoxy) is 1. The maximum atomic E-state index is 11.9. The zero-order valence-corrected chi connectivity index (χ0v) is 9.17. The van der Waals surface area contributed by atoms with Crippen LogP contribution < -0.4 is 15.4 Å². The van der Waals surface area contributed by atoms with Crippen molar-refractivity contribution in [1.29, 1.82) is 0 Å². The van der Waals surface area contributed by atoms with Gasteiger partial charge in [0.1, 0.15) is 11.3 Å². The Bertz CT molecular complexity index is 458. The number of benzene rings is 1. The molecule has 1 atom stereocenters. The molecule has 3 rings (SSSR count). The van der Waals surface area contributed by atoms with Crippen LogP contribution in [-0.4, -0.2) is 19.7 Å². The van der Waals surface area contributed by atoms with Gasteiger partial charge in [0.25, 0.3) is 0 Å². The second-order valence-electron chi connectivity index (χ2n) is 4.29. The molecule has 1 aromatic rings. The average Bonchev–Trinajstić information content (AvgIpc) is 2.86. The molecule has 2 N–H and O–H groups in total. The van der Waals surface area contributed by atoms with Gasteiger partial charge < -0.3 is 10.1 Å². The summed E-state index contributed by atoms with van der Waals surface area (Å²) in [5.74, 6) is 0.890. The van der Waals surface area contributed by atoms with Gasteiger partial charge in [0, 0.05) is 0 Å². The highest BCUT2D eigenvalue weighted by Gasteiger charge is 2.48. The van der Waals surface area contributed by atoms with Crippen molar-refractivity contribution in [2.24, 2.45) is 0 Å². The first-order chi connectivity index (χ1) is 7.76. The highest BCUT2D eigenvalue weighted by molar-refractivity contribution is 5.91. The largest absolute Gasteiger partial charge is 0.497 e. The lowest BCUT2D eigenvalue weighted by Crippen LogP contribution is -2.41. The van der Waals surface area contributed by atoms with E-state index >= 15 is 0 Å². The predicted molar refractivity (Wildman–Crippen MR) is 59.1 cm³/mol. The van der Waals surface area contributed by atoms with Crippen LogP contribution in [0.25, 0.3) is 0 Å². The van der Waals surface area contributed by atoms with E-state index in [2.05, 4.69) is 16.7 Å². The van der Waals surface area contributed by atoms with E-state index in [-0.39, 0.29) is 5.91 Å². The minimum Gasteiger partial charge on any atom is -0.497 e. The number of carbonyl (C=O) groups excluding carboxylic acids is 1. The minimum atomic E-state index is -0.510. The van der Waals surface area contributed by atoms with Crippen LogP contribution in [0.3, 0.4) is 0 Å². The van der Waals surface area contributed by atoms with Crippen LogP contribution in [0.1, 0.15) is 17.5 Å². The molecule has 1 aromatic carbocycles. The van der Waals surface area contributed by atoms with Gasteiger partial charge >= 0.3 is 0 Å². The van der Waals surface area contributed by atoms with E-state index < -0.39 is 5.54 Å². The molecule has 84 valence electrons. The first-order valence-corrected chi connectivity index (χ1v) is 5.47. The maximum absolute atomic E-state index is 11.9. The van der Waals surface area contributed by atoms with Crippen molar-refractivity contribution < 1.29 is 9.53 Å². The van der Waals surface area contributed by atoms with E-state index in [1.807, 2.05) is 12.1 Å². The first kappa shape index (κ1) is 9.66. The van der Waals surface area contributed by atoms with Crippen molar-refractivity contribution in [3.63, 3.8) is 0 Å². The molecular weight excluding hydrogens is 204 g/mol. The molecule has 1 heterocycles. The van der Waals surface area contributed by atoms with E-state index in [1.54, 1.807) is 7.11 Å². The molecule has 16 heavy (non-hydrogen) atoms. The van der Waals surface area contributed by atoms with Gasteiger partial charge in [-0.2, -0.15) is 0 Å². The van der Waals surface area contributed by atoms with Gasteiger partial charge in [0.2, 0.25) is 5.91 Å². The smallest absolute Gasteiger partial charge is 0.245 e. The summed E-state index contributed by atoms with van der Waals surface area (Å²) in [5.41, 5.74) is 1.80. The lowest BCUT2D eigenvalue weighted by Gasteiger charge is -2.21. The number of fused-ring (bicyclic) bond motifs is 2. The lowest BCUT2D eigenvalue weighted by atomic mass is 9.92. The van der Waals surface area contributed by atoms with Gasteiger partial charge in [0.15, 0.2) is 0 Å². The lowest BCUT2D eigenvalue weighted by molar-refractivity contribution is -0.124. The van der Waals surface area contributed by atoms with Gasteiger partial charge in [-0.1, -0.05) is 6.07 Å². The number of hydrogen-bond acceptors (Lipinski definition) is 3. The van der Waals surface area contributed by atoms with Crippen LogP contribution in [0.15, 0.2) is 18.2 Å². The Kier molecular flexibility index (Phi) is 1.94. The molecule has 4 heteroatoms. The number of hydrogen-bond donors (Lipinski definition) is 2. The summed E-state index contributed by atoms with van der Waals surface area (Å²) in [6.45, 7) is 0.551. The van der Waals surface area contributed by atoms with E-state index in [9.17, 15) is 4.79 Å². The highest BCUT2D eigenvalue weighted by Crippen LogP contribution is 2.40. The topological polar surface area (TPSA) is 50.4 Å². The van der Waals surface area contributed by atoms with E-state index in [4.69, 9.17) is 4.74 Å². The van der Waals surface area contributed by atoms with Crippen LogP contribution in [-0.2, 0) is 16.8 Å². The Morgan fingerprint density at radius 2 is 2.31 bits per heavy atom. The Morgan fingerprint density at radius 3 is 3.00 bits per heavy atom. The number of nitrogens with one attached hydrogen (secondary N) is 2. The molecule has 1 aliphatic carbocycles. The molecular formula is C12H14N2O2. The fourth-order valence-corrected chi connectivity index (χ4v) is 2.68. The third-order valence-electron chi connectivity index (χ3n) is 3.57. The number of amides is 1. The van der Waals surface area contributed by atoms with Gasteiger partial charge in [-0.25, -0.2) is 0 Å². The Morgan fingerprint density at radius 1 is 1.44 bits per heavy atom. The molecule has 1 fully saturated rings. The third-order valence-corrected chi connectivity index (χ3v) is 3.57. The molecule has 0 aromatic heterocycles. The Balaban J connectivity index is 2.13. The van der Waals surface area contributed by atoms with Crippen LogP contribution in [0, 0.1) is 0 Å². The molecule has 0 radical (unpaired) electrons. The summed E-state index contributed by atoms with van der Waals surface area (Å²) in [6.07, 6.45) is 1.78. The van der Waals surface area contributed by atoms with Crippen LogP contribution in [0.4, 0.5) is 0 Å². The van der Waals surface area contributed by atoms with Crippen molar-refractivity contribution in [1.82, 2.24) is 10.6 Å². The monoisotopic (exact) mass is 218 g/mol. The summed E-state index contributed by atoms with van der Waals surface area (Å²) >= 11 is 0. The summed E-state index contributed by atoms with van der Waals surface area (Å²) in [7, 11) is 1.64. The van der Waals surface area contributed by atoms with Crippen molar-refractivity contribution >= 4 is 5.91 Å². The fourth-order valence-electron chi connectivity index (χ4n) is 2.68. The summed E-state index contributed by atoms with van der Waals surface area (Å²) in [5, 5.41) is 6.11. The zero-order valence-electron chi connectivity index (χ0n) is 9.17. The molecule has 2 aliphatic rings. The molecule has 1 spiro atoms. The Labute approximate surface area is 94.0 Å². The molecule has 0 saturated carbocycles. The van der Waals surface area contributed by atoms with Crippen LogP contribution in [0.5, 0.6) is 5.75 Å². The molecule has 1 aliphatic heterocycles. The molecule has 4 nitrogen and oxygen atoms in total. The summed E-state index contributed by atoms with van der Waals surface area (Å²) in [6, 6.07) is 5.97. The highest BCUT2D eigenvalue weighted by atomic mass is 16.5. The number of rotatable bonds is 1. The van der Waals surface area contributed by atoms with Crippen molar-refractivity contribution in [3.8, 4) is 5.75 Å². The molecule has 1 unspecified atom stereocenters. The predicted octanol–water partition coefficient (Wildman–Crippen LogP) is 0.514. The van der Waals surface area contributed by atoms with E-state index in [0.29, 0.717) is 6.67 Å². The van der Waals surface area contributed by atoms with Gasteiger partial charge in [0.05, 0.1) is 13.8 Å². The fraction of sp³-hybridized carbons (Fsp3) is 0.417. The second kappa shape index (κ2) is 3.22. The maximum Gasteiger partial charge on any atom is 0.245 e. The summed E-state index contributed by atoms with van der Waals surface area (Å²) < 4.78 is 5.22. The number of carbonyl (C=O) groups is 1. The van der Waals surface area contributed by atoms with E-state index in [1.165, 1.54) is 5.56 Å². The molecule has 1 saturated heterocycles. The van der Waals surface area contributed by atoms with Gasteiger partial charge in [-0.3, -0.25) is 10.1 Å². The van der Waals surface area contributed by atoms with Crippen molar-refractivity contribution in [3.05, 3.63) is 29.3 Å². The SMILES string of the molecule is COc1ccc2c(c1)C1(CC2)NCNC1=O. The number of methoxy groups -OCH3 is 1. The average molecular weight is 218 g/mol. The zero-order chi connectivity index (χ0) is 11.2. The second-order valence-corrected chi connectivity index (χ2v) is 4.29. The number of aryl methyl sites for hydroxylation is 1. The van der Waals surface area contributed by atoms with Crippen molar-refractivity contribution in [2.75, 3.05) is 13.8 Å². The first-order valence-electron chi connectivity index (χ1n) is 5.47. The third kappa shape index (κ3) is 1.10. The van der Waals surface area contributed by atoms with Gasteiger partial charge in [-0.15, -0.1) is 0 Å². The minimum absolute atomic E-state index is 0.0829. The van der Waals surface area contributed by atoms with Crippen molar-refractivity contribution in [2.45, 2.75) is 18.4 Å². The standard InChI is InChI=1S/C12H14N2O2/c1-16-9-3-2-8-4-5-12(10(8)6-9)11(15)13-7-14-12/h2-3,6,14H,4-5,7H2,1H3,(H,13,15). The quantitative estimate of drug-likeness (QED) is 0.722. The van der Waals surface area contributed by atoms with E-state index in [0.717, 1.165) is 24.2 Å².